The molecule has 1 N–H and O–H groups in total. The number of ether oxygens (including phenoxy) is 1. The van der Waals surface area contributed by atoms with E-state index < -0.39 is 0 Å². The van der Waals surface area contributed by atoms with E-state index in [1.807, 2.05) is 6.07 Å². The van der Waals surface area contributed by atoms with E-state index in [4.69, 9.17) is 16.3 Å². The van der Waals surface area contributed by atoms with Gasteiger partial charge in [-0.1, -0.05) is 11.6 Å². The first-order valence-corrected chi connectivity index (χ1v) is 7.04. The number of hydrogen-bond acceptors (Lipinski definition) is 2. The van der Waals surface area contributed by atoms with Crippen LogP contribution in [-0.2, 0) is 12.0 Å². The van der Waals surface area contributed by atoms with Crippen LogP contribution in [0.2, 0.25) is 5.02 Å². The van der Waals surface area contributed by atoms with E-state index in [0.717, 1.165) is 30.2 Å². The molecule has 0 aromatic heterocycles. The molecule has 0 radical (unpaired) electrons. The summed E-state index contributed by atoms with van der Waals surface area (Å²) >= 11 is 6.28. The quantitative estimate of drug-likeness (QED) is 0.837. The van der Waals surface area contributed by atoms with Gasteiger partial charge in [0.2, 0.25) is 0 Å². The smallest absolute Gasteiger partial charge is 0.128 e. The van der Waals surface area contributed by atoms with Crippen molar-refractivity contribution in [2.45, 2.75) is 51.2 Å². The lowest BCUT2D eigenvalue weighted by atomic mass is 9.88. The molecule has 3 rings (SSSR count). The molecule has 1 atom stereocenters. The van der Waals surface area contributed by atoms with Crippen LogP contribution < -0.4 is 10.1 Å². The molecule has 0 amide bonds. The van der Waals surface area contributed by atoms with E-state index in [0.29, 0.717) is 0 Å². The fourth-order valence-corrected chi connectivity index (χ4v) is 3.45. The third-order valence-corrected chi connectivity index (χ3v) is 4.31. The van der Waals surface area contributed by atoms with Crippen LogP contribution in [0.4, 0.5) is 0 Å². The highest BCUT2D eigenvalue weighted by molar-refractivity contribution is 6.30. The zero-order valence-electron chi connectivity index (χ0n) is 11.3. The molecule has 1 fully saturated rings. The minimum Gasteiger partial charge on any atom is -0.487 e. The second-order valence-corrected chi connectivity index (χ2v) is 6.78. The van der Waals surface area contributed by atoms with E-state index in [1.54, 1.807) is 0 Å². The third kappa shape index (κ3) is 1.92. The molecule has 3 heteroatoms. The number of fused-ring (bicyclic) bond motifs is 1. The number of nitrogens with one attached hydrogen (secondary N) is 1. The lowest BCUT2D eigenvalue weighted by molar-refractivity contribution is 0.135. The summed E-state index contributed by atoms with van der Waals surface area (Å²) in [5, 5.41) is 4.41. The zero-order chi connectivity index (χ0) is 13.0. The van der Waals surface area contributed by atoms with Gasteiger partial charge in [0, 0.05) is 22.5 Å². The Hall–Kier alpha value is -0.730. The van der Waals surface area contributed by atoms with Gasteiger partial charge in [-0.15, -0.1) is 0 Å². The molecule has 2 aliphatic rings. The maximum absolute atomic E-state index is 6.28. The van der Waals surface area contributed by atoms with Gasteiger partial charge in [-0.3, -0.25) is 0 Å². The molecule has 0 bridgehead atoms. The van der Waals surface area contributed by atoms with E-state index in [1.165, 1.54) is 17.5 Å². The van der Waals surface area contributed by atoms with Crippen LogP contribution in [0.1, 0.15) is 44.7 Å². The van der Waals surface area contributed by atoms with Gasteiger partial charge in [-0.25, -0.2) is 0 Å². The van der Waals surface area contributed by atoms with E-state index >= 15 is 0 Å². The summed E-state index contributed by atoms with van der Waals surface area (Å²) < 4.78 is 6.16. The van der Waals surface area contributed by atoms with Gasteiger partial charge in [0.15, 0.2) is 0 Å². The Labute approximate surface area is 114 Å². The summed E-state index contributed by atoms with van der Waals surface area (Å²) in [4.78, 5) is 0. The minimum absolute atomic E-state index is 0.00933. The van der Waals surface area contributed by atoms with Crippen molar-refractivity contribution in [3.05, 3.63) is 28.3 Å². The third-order valence-electron chi connectivity index (χ3n) is 4.09. The minimum atomic E-state index is -0.114. The highest BCUT2D eigenvalue weighted by Gasteiger charge is 2.39. The Bertz CT molecular complexity index is 490. The highest BCUT2D eigenvalue weighted by atomic mass is 35.5. The van der Waals surface area contributed by atoms with Crippen LogP contribution in [0.3, 0.4) is 0 Å². The van der Waals surface area contributed by atoms with Gasteiger partial charge in [-0.2, -0.15) is 0 Å². The predicted molar refractivity (Wildman–Crippen MR) is 74.5 cm³/mol. The van der Waals surface area contributed by atoms with Gasteiger partial charge in [-0.05, 0) is 57.9 Å². The van der Waals surface area contributed by atoms with E-state index in [2.05, 4.69) is 32.2 Å². The Kier molecular flexibility index (Phi) is 2.65. The van der Waals surface area contributed by atoms with Gasteiger partial charge < -0.3 is 10.1 Å². The molecule has 0 aliphatic carbocycles. The largest absolute Gasteiger partial charge is 0.487 e. The van der Waals surface area contributed by atoms with Crippen molar-refractivity contribution < 1.29 is 4.74 Å². The Morgan fingerprint density at radius 3 is 2.72 bits per heavy atom. The van der Waals surface area contributed by atoms with Crippen LogP contribution >= 0.6 is 11.6 Å². The number of benzene rings is 1. The molecular weight excluding hydrogens is 246 g/mol. The van der Waals surface area contributed by atoms with Crippen LogP contribution in [0, 0.1) is 0 Å². The first kappa shape index (κ1) is 12.3. The van der Waals surface area contributed by atoms with Gasteiger partial charge in [0.1, 0.15) is 11.4 Å². The Balaban J connectivity index is 2.11. The first-order chi connectivity index (χ1) is 8.40. The molecule has 1 aromatic carbocycles. The monoisotopic (exact) mass is 265 g/mol. The molecule has 18 heavy (non-hydrogen) atoms. The number of hydrogen-bond donors (Lipinski definition) is 1. The van der Waals surface area contributed by atoms with Crippen LogP contribution in [-0.4, -0.2) is 12.1 Å². The Morgan fingerprint density at radius 1 is 1.28 bits per heavy atom. The van der Waals surface area contributed by atoms with E-state index in [9.17, 15) is 0 Å². The summed E-state index contributed by atoms with van der Waals surface area (Å²) in [6, 6.07) is 4.12. The summed E-state index contributed by atoms with van der Waals surface area (Å²) in [6.07, 6.45) is 3.29. The summed E-state index contributed by atoms with van der Waals surface area (Å²) in [7, 11) is 0. The van der Waals surface area contributed by atoms with Gasteiger partial charge in [0.25, 0.3) is 0 Å². The van der Waals surface area contributed by atoms with E-state index in [-0.39, 0.29) is 11.1 Å². The second kappa shape index (κ2) is 3.88. The molecule has 1 aromatic rings. The average molecular weight is 266 g/mol. The molecule has 98 valence electrons. The fraction of sp³-hybridized carbons (Fsp3) is 0.600. The normalized spacial score (nSPS) is 29.1. The van der Waals surface area contributed by atoms with Crippen LogP contribution in [0.15, 0.2) is 12.1 Å². The molecule has 1 unspecified atom stereocenters. The average Bonchev–Trinajstić information content (AvgIpc) is 2.80. The zero-order valence-corrected chi connectivity index (χ0v) is 12.0. The number of rotatable bonds is 1. The lowest BCUT2D eigenvalue weighted by Gasteiger charge is -2.28. The summed E-state index contributed by atoms with van der Waals surface area (Å²) in [5.41, 5.74) is 2.37. The maximum atomic E-state index is 6.28. The van der Waals surface area contributed by atoms with Crippen molar-refractivity contribution >= 4 is 11.6 Å². The molecule has 0 saturated carbocycles. The molecule has 2 aliphatic heterocycles. The maximum Gasteiger partial charge on any atom is 0.128 e. The fourth-order valence-electron chi connectivity index (χ4n) is 3.21. The van der Waals surface area contributed by atoms with Gasteiger partial charge >= 0.3 is 0 Å². The second-order valence-electron chi connectivity index (χ2n) is 6.34. The summed E-state index contributed by atoms with van der Waals surface area (Å²) in [6.45, 7) is 7.59. The van der Waals surface area contributed by atoms with Crippen molar-refractivity contribution in [2.75, 3.05) is 6.54 Å². The molecule has 2 nitrogen and oxygen atoms in total. The Morgan fingerprint density at radius 2 is 2.06 bits per heavy atom. The molecule has 1 saturated heterocycles. The van der Waals surface area contributed by atoms with Crippen molar-refractivity contribution in [3.8, 4) is 5.75 Å². The van der Waals surface area contributed by atoms with Crippen LogP contribution in [0.5, 0.6) is 5.75 Å². The van der Waals surface area contributed by atoms with Gasteiger partial charge in [0.05, 0.1) is 0 Å². The SMILES string of the molecule is CC1(C)Cc2cc(Cl)cc(C3(C)CCCN3)c2O1. The predicted octanol–water partition coefficient (Wildman–Crippen LogP) is 3.65. The van der Waals surface area contributed by atoms with Crippen molar-refractivity contribution in [1.29, 1.82) is 0 Å². The molecule has 2 heterocycles. The van der Waals surface area contributed by atoms with Crippen molar-refractivity contribution in [3.63, 3.8) is 0 Å². The van der Waals surface area contributed by atoms with Crippen LogP contribution in [0.25, 0.3) is 0 Å². The highest BCUT2D eigenvalue weighted by Crippen LogP contribution is 2.45. The first-order valence-electron chi connectivity index (χ1n) is 6.67. The summed E-state index contributed by atoms with van der Waals surface area (Å²) in [5.74, 6) is 1.06. The van der Waals surface area contributed by atoms with Crippen molar-refractivity contribution in [1.82, 2.24) is 5.32 Å². The van der Waals surface area contributed by atoms with Crippen molar-refractivity contribution in [2.24, 2.45) is 0 Å². The lowest BCUT2D eigenvalue weighted by Crippen LogP contribution is -2.34. The topological polar surface area (TPSA) is 21.3 Å². The standard InChI is InChI=1S/C15H20ClNO/c1-14(2)9-10-7-11(16)8-12(13(10)18-14)15(3)5-4-6-17-15/h7-8,17H,4-6,9H2,1-3H3. The number of halogens is 1. The molecule has 0 spiro atoms. The molecular formula is C15H20ClNO.